The zero-order chi connectivity index (χ0) is 33.3. The van der Waals surface area contributed by atoms with E-state index in [1.54, 1.807) is 97.1 Å². The van der Waals surface area contributed by atoms with Gasteiger partial charge in [0.1, 0.15) is 11.4 Å². The van der Waals surface area contributed by atoms with Crippen molar-refractivity contribution in [2.24, 2.45) is 0 Å². The number of benzene rings is 4. The van der Waals surface area contributed by atoms with Gasteiger partial charge in [0.15, 0.2) is 0 Å². The molecule has 4 aromatic carbocycles. The van der Waals surface area contributed by atoms with Crippen molar-refractivity contribution in [3.05, 3.63) is 120 Å². The Kier molecular flexibility index (Phi) is 10.5. The summed E-state index contributed by atoms with van der Waals surface area (Å²) in [4.78, 5) is 65.6. The first-order valence-electron chi connectivity index (χ1n) is 14.8. The van der Waals surface area contributed by atoms with Crippen LogP contribution in [-0.4, -0.2) is 41.4 Å². The fourth-order valence-electron chi connectivity index (χ4n) is 4.83. The number of anilines is 3. The first-order chi connectivity index (χ1) is 22.7. The van der Waals surface area contributed by atoms with E-state index in [0.29, 0.717) is 40.5 Å². The highest BCUT2D eigenvalue weighted by atomic mass is 32.2. The third kappa shape index (κ3) is 8.33. The van der Waals surface area contributed by atoms with Crippen molar-refractivity contribution in [2.45, 2.75) is 30.4 Å². The molecular formula is C36H32N4O6S. The summed E-state index contributed by atoms with van der Waals surface area (Å²) in [5.41, 5.74) is 2.49. The number of para-hydroxylation sites is 1. The molecule has 5 amide bonds. The van der Waals surface area contributed by atoms with Gasteiger partial charge in [-0.1, -0.05) is 36.4 Å². The van der Waals surface area contributed by atoms with E-state index in [1.807, 2.05) is 19.1 Å². The summed E-state index contributed by atoms with van der Waals surface area (Å²) >= 11 is 1.26. The van der Waals surface area contributed by atoms with Gasteiger partial charge in [0.05, 0.1) is 17.5 Å². The number of hydrogen-bond acceptors (Lipinski definition) is 7. The Labute approximate surface area is 276 Å². The van der Waals surface area contributed by atoms with Crippen LogP contribution in [0.4, 0.5) is 17.1 Å². The van der Waals surface area contributed by atoms with E-state index < -0.39 is 17.1 Å². The molecule has 1 atom stereocenters. The minimum absolute atomic E-state index is 0.0183. The van der Waals surface area contributed by atoms with Gasteiger partial charge < -0.3 is 20.7 Å². The van der Waals surface area contributed by atoms with Crippen molar-refractivity contribution in [1.82, 2.24) is 5.32 Å². The van der Waals surface area contributed by atoms with Crippen molar-refractivity contribution in [2.75, 3.05) is 22.1 Å². The second-order valence-corrected chi connectivity index (χ2v) is 11.7. The molecule has 1 fully saturated rings. The zero-order valence-corrected chi connectivity index (χ0v) is 26.5. The molecule has 1 aliphatic rings. The molecule has 0 radical (unpaired) electrons. The number of carbonyl (C=O) groups excluding carboxylic acids is 5. The lowest BCUT2D eigenvalue weighted by atomic mass is 10.1. The lowest BCUT2D eigenvalue weighted by Gasteiger charge is -2.16. The lowest BCUT2D eigenvalue weighted by molar-refractivity contribution is -0.121. The minimum atomic E-state index is -0.619. The molecule has 0 spiro atoms. The second-order valence-electron chi connectivity index (χ2n) is 10.4. The van der Waals surface area contributed by atoms with Crippen molar-refractivity contribution in [3.63, 3.8) is 0 Å². The topological polar surface area (TPSA) is 134 Å². The van der Waals surface area contributed by atoms with Crippen LogP contribution in [0.15, 0.2) is 114 Å². The average Bonchev–Trinajstić information content (AvgIpc) is 3.34. The van der Waals surface area contributed by atoms with Gasteiger partial charge in [-0.05, 0) is 79.7 Å². The van der Waals surface area contributed by atoms with Crippen molar-refractivity contribution < 1.29 is 28.7 Å². The van der Waals surface area contributed by atoms with Crippen LogP contribution in [0, 0.1) is 0 Å². The molecular weight excluding hydrogens is 616 g/mol. The SMILES string of the molecule is CCOc1ccccc1/C=C(\NC(=O)c1ccccc1)C(=O)Nc1ccc(SC2CC(=O)N(c3ccc(NC(C)=O)cc3)C2=O)cc1. The highest BCUT2D eigenvalue weighted by Crippen LogP contribution is 2.35. The molecule has 1 heterocycles. The highest BCUT2D eigenvalue weighted by molar-refractivity contribution is 8.00. The Balaban J connectivity index is 1.28. The molecule has 1 saturated heterocycles. The minimum Gasteiger partial charge on any atom is -0.493 e. The van der Waals surface area contributed by atoms with Gasteiger partial charge in [-0.2, -0.15) is 0 Å². The molecule has 5 rings (SSSR count). The fourth-order valence-corrected chi connectivity index (χ4v) is 5.88. The molecule has 47 heavy (non-hydrogen) atoms. The number of imide groups is 1. The number of rotatable bonds is 11. The Morgan fingerprint density at radius 1 is 0.851 bits per heavy atom. The van der Waals surface area contributed by atoms with Crippen LogP contribution in [0.3, 0.4) is 0 Å². The van der Waals surface area contributed by atoms with Gasteiger partial charge in [0.25, 0.3) is 11.8 Å². The maximum atomic E-state index is 13.5. The third-order valence-electron chi connectivity index (χ3n) is 6.99. The molecule has 0 saturated carbocycles. The van der Waals surface area contributed by atoms with Gasteiger partial charge in [-0.3, -0.25) is 24.0 Å². The van der Waals surface area contributed by atoms with E-state index in [-0.39, 0.29) is 29.8 Å². The first-order valence-corrected chi connectivity index (χ1v) is 15.7. The number of nitrogens with zero attached hydrogens (tertiary/aromatic N) is 1. The summed E-state index contributed by atoms with van der Waals surface area (Å²) in [6.07, 6.45) is 1.60. The molecule has 3 N–H and O–H groups in total. The van der Waals surface area contributed by atoms with Gasteiger partial charge in [0.2, 0.25) is 17.7 Å². The molecule has 238 valence electrons. The van der Waals surface area contributed by atoms with Gasteiger partial charge >= 0.3 is 0 Å². The highest BCUT2D eigenvalue weighted by Gasteiger charge is 2.40. The third-order valence-corrected chi connectivity index (χ3v) is 8.19. The van der Waals surface area contributed by atoms with Crippen LogP contribution in [-0.2, 0) is 19.2 Å². The monoisotopic (exact) mass is 648 g/mol. The van der Waals surface area contributed by atoms with E-state index >= 15 is 0 Å². The molecule has 0 bridgehead atoms. The molecule has 1 unspecified atom stereocenters. The Bertz CT molecular complexity index is 1820. The maximum Gasteiger partial charge on any atom is 0.272 e. The van der Waals surface area contributed by atoms with Gasteiger partial charge in [0, 0.05) is 40.7 Å². The van der Waals surface area contributed by atoms with Crippen LogP contribution in [0.1, 0.15) is 36.2 Å². The zero-order valence-electron chi connectivity index (χ0n) is 25.7. The number of carbonyl (C=O) groups is 5. The van der Waals surface area contributed by atoms with Gasteiger partial charge in [-0.15, -0.1) is 11.8 Å². The summed E-state index contributed by atoms with van der Waals surface area (Å²) in [6.45, 7) is 3.69. The predicted molar refractivity (Wildman–Crippen MR) is 182 cm³/mol. The number of thioether (sulfide) groups is 1. The smallest absolute Gasteiger partial charge is 0.272 e. The Morgan fingerprint density at radius 2 is 1.49 bits per heavy atom. The standard InChI is InChI=1S/C36H32N4O6S/c1-3-46-31-12-8-7-11-25(31)21-30(39-34(43)24-9-5-4-6-10-24)35(44)38-27-15-19-29(20-16-27)47-32-22-33(42)40(36(32)45)28-17-13-26(14-18-28)37-23(2)41/h4-21,32H,3,22H2,1-2H3,(H,37,41)(H,38,44)(H,39,43)/b30-21-. The van der Waals surface area contributed by atoms with Gasteiger partial charge in [-0.25, -0.2) is 4.90 Å². The lowest BCUT2D eigenvalue weighted by Crippen LogP contribution is -2.31. The van der Waals surface area contributed by atoms with E-state index in [2.05, 4.69) is 16.0 Å². The number of nitrogens with one attached hydrogen (secondary N) is 3. The van der Waals surface area contributed by atoms with E-state index in [9.17, 15) is 24.0 Å². The summed E-state index contributed by atoms with van der Waals surface area (Å²) in [6, 6.07) is 29.2. The molecule has 0 aliphatic carbocycles. The fraction of sp³-hybridized carbons (Fsp3) is 0.139. The quantitative estimate of drug-likeness (QED) is 0.137. The molecule has 1 aliphatic heterocycles. The van der Waals surface area contributed by atoms with E-state index in [1.165, 1.54) is 18.7 Å². The molecule has 0 aromatic heterocycles. The largest absolute Gasteiger partial charge is 0.493 e. The number of ether oxygens (including phenoxy) is 1. The predicted octanol–water partition coefficient (Wildman–Crippen LogP) is 5.88. The van der Waals surface area contributed by atoms with Crippen LogP contribution < -0.4 is 25.6 Å². The maximum absolute atomic E-state index is 13.5. The molecule has 11 heteroatoms. The van der Waals surface area contributed by atoms with Crippen molar-refractivity contribution in [3.8, 4) is 5.75 Å². The average molecular weight is 649 g/mol. The molecule has 4 aromatic rings. The number of amides is 5. The van der Waals surface area contributed by atoms with E-state index in [0.717, 1.165) is 9.80 Å². The van der Waals surface area contributed by atoms with Crippen LogP contribution in [0.5, 0.6) is 5.75 Å². The summed E-state index contributed by atoms with van der Waals surface area (Å²) in [5.74, 6) is -1.29. The van der Waals surface area contributed by atoms with Crippen LogP contribution >= 0.6 is 11.8 Å². The first kappa shape index (κ1) is 32.7. The second kappa shape index (κ2) is 15.1. The summed E-state index contributed by atoms with van der Waals surface area (Å²) in [7, 11) is 0. The normalized spacial score (nSPS) is 14.5. The van der Waals surface area contributed by atoms with Crippen molar-refractivity contribution in [1.29, 1.82) is 0 Å². The van der Waals surface area contributed by atoms with Crippen LogP contribution in [0.25, 0.3) is 6.08 Å². The van der Waals surface area contributed by atoms with Crippen molar-refractivity contribution >= 4 is 64.4 Å². The van der Waals surface area contributed by atoms with E-state index in [4.69, 9.17) is 4.74 Å². The number of hydrogen-bond donors (Lipinski definition) is 3. The Morgan fingerprint density at radius 3 is 2.17 bits per heavy atom. The van der Waals surface area contributed by atoms with Crippen LogP contribution in [0.2, 0.25) is 0 Å². The summed E-state index contributed by atoms with van der Waals surface area (Å²) < 4.78 is 5.70. The Hall–Kier alpha value is -5.68. The summed E-state index contributed by atoms with van der Waals surface area (Å²) in [5, 5.41) is 7.59. The molecule has 10 nitrogen and oxygen atoms in total.